The second-order valence-corrected chi connectivity index (χ2v) is 13.9. The van der Waals surface area contributed by atoms with Crippen LogP contribution in [0.4, 0.5) is 0 Å². The van der Waals surface area contributed by atoms with Gasteiger partial charge >= 0.3 is 0 Å². The van der Waals surface area contributed by atoms with Crippen LogP contribution in [-0.2, 0) is 6.42 Å². The number of aromatic nitrogens is 3. The number of benzene rings is 6. The number of nitrogens with zero attached hydrogens (tertiary/aromatic N) is 3. The maximum Gasteiger partial charge on any atom is 0.160 e. The van der Waals surface area contributed by atoms with Crippen LogP contribution >= 0.6 is 11.3 Å². The SMILES string of the molecule is C1=Cc2c(n(-c3ccc(-c4nc(-c5ccccc5)cc(-c5ccccc5)n4)cc3)c3c2ccc2sc4c(-c5ccccc5)cccc4c23)CC1. The van der Waals surface area contributed by atoms with Crippen LogP contribution in [0.5, 0.6) is 0 Å². The van der Waals surface area contributed by atoms with Gasteiger partial charge in [0.25, 0.3) is 0 Å². The molecule has 236 valence electrons. The van der Waals surface area contributed by atoms with E-state index >= 15 is 0 Å². The van der Waals surface area contributed by atoms with Crippen molar-refractivity contribution in [3.8, 4) is 50.7 Å². The van der Waals surface area contributed by atoms with Gasteiger partial charge in [-0.3, -0.25) is 0 Å². The van der Waals surface area contributed by atoms with Gasteiger partial charge in [-0.2, -0.15) is 0 Å². The number of thiophene rings is 1. The van der Waals surface area contributed by atoms with Gasteiger partial charge in [0, 0.05) is 59.2 Å². The molecule has 3 nitrogen and oxygen atoms in total. The van der Waals surface area contributed by atoms with E-state index in [1.807, 2.05) is 23.5 Å². The van der Waals surface area contributed by atoms with Crippen LogP contribution in [0.25, 0.3) is 87.9 Å². The molecule has 3 heterocycles. The van der Waals surface area contributed by atoms with E-state index in [4.69, 9.17) is 9.97 Å². The van der Waals surface area contributed by atoms with Crippen molar-refractivity contribution in [2.24, 2.45) is 0 Å². The van der Waals surface area contributed by atoms with Crippen LogP contribution in [0, 0.1) is 0 Å². The Labute approximate surface area is 294 Å². The zero-order valence-electron chi connectivity index (χ0n) is 27.3. The zero-order chi connectivity index (χ0) is 33.0. The van der Waals surface area contributed by atoms with Gasteiger partial charge in [0.05, 0.1) is 16.9 Å². The molecule has 3 aromatic heterocycles. The highest BCUT2D eigenvalue weighted by atomic mass is 32.1. The molecule has 0 unspecified atom stereocenters. The normalized spacial score (nSPS) is 12.6. The first-order chi connectivity index (χ1) is 24.8. The predicted molar refractivity (Wildman–Crippen MR) is 211 cm³/mol. The Morgan fingerprint density at radius 2 is 1.22 bits per heavy atom. The monoisotopic (exact) mass is 657 g/mol. The lowest BCUT2D eigenvalue weighted by molar-refractivity contribution is 0.890. The minimum atomic E-state index is 0.721. The van der Waals surface area contributed by atoms with Crippen molar-refractivity contribution in [3.05, 3.63) is 169 Å². The second-order valence-electron chi connectivity index (χ2n) is 12.9. The molecule has 0 aliphatic heterocycles. The van der Waals surface area contributed by atoms with Gasteiger partial charge < -0.3 is 4.57 Å². The van der Waals surface area contributed by atoms with Crippen molar-refractivity contribution in [2.75, 3.05) is 0 Å². The third kappa shape index (κ3) is 4.72. The topological polar surface area (TPSA) is 30.7 Å². The van der Waals surface area contributed by atoms with E-state index in [1.165, 1.54) is 53.5 Å². The molecule has 0 radical (unpaired) electrons. The molecular formula is C46H31N3S. The van der Waals surface area contributed by atoms with Gasteiger partial charge in [0.2, 0.25) is 0 Å². The molecule has 0 N–H and O–H groups in total. The van der Waals surface area contributed by atoms with Crippen molar-refractivity contribution in [1.29, 1.82) is 0 Å². The van der Waals surface area contributed by atoms with Crippen LogP contribution < -0.4 is 0 Å². The molecule has 6 aromatic carbocycles. The molecule has 1 aliphatic carbocycles. The lowest BCUT2D eigenvalue weighted by Crippen LogP contribution is -2.03. The molecule has 0 saturated carbocycles. The maximum absolute atomic E-state index is 5.09. The minimum absolute atomic E-state index is 0.721. The molecule has 4 heteroatoms. The summed E-state index contributed by atoms with van der Waals surface area (Å²) in [6.07, 6.45) is 6.69. The number of allylic oxidation sites excluding steroid dienone is 1. The van der Waals surface area contributed by atoms with Crippen molar-refractivity contribution in [2.45, 2.75) is 12.8 Å². The molecular weight excluding hydrogens is 627 g/mol. The first kappa shape index (κ1) is 28.9. The molecule has 1 aliphatic rings. The highest BCUT2D eigenvalue weighted by Gasteiger charge is 2.23. The zero-order valence-corrected chi connectivity index (χ0v) is 28.1. The summed E-state index contributed by atoms with van der Waals surface area (Å²) in [6.45, 7) is 0. The van der Waals surface area contributed by atoms with Crippen molar-refractivity contribution < 1.29 is 0 Å². The average Bonchev–Trinajstić information content (AvgIpc) is 3.75. The average molecular weight is 658 g/mol. The van der Waals surface area contributed by atoms with Gasteiger partial charge in [-0.25, -0.2) is 9.97 Å². The van der Waals surface area contributed by atoms with Gasteiger partial charge in [-0.05, 0) is 60.4 Å². The Bertz CT molecular complexity index is 2660. The van der Waals surface area contributed by atoms with Gasteiger partial charge in [-0.1, -0.05) is 127 Å². The van der Waals surface area contributed by atoms with Crippen LogP contribution in [0.15, 0.2) is 158 Å². The third-order valence-corrected chi connectivity index (χ3v) is 11.1. The van der Waals surface area contributed by atoms with E-state index < -0.39 is 0 Å². The quantitative estimate of drug-likeness (QED) is 0.184. The summed E-state index contributed by atoms with van der Waals surface area (Å²) < 4.78 is 5.17. The molecule has 0 amide bonds. The Kier molecular flexibility index (Phi) is 6.81. The first-order valence-corrected chi connectivity index (χ1v) is 18.0. The molecule has 9 aromatic rings. The second kappa shape index (κ2) is 11.8. The molecule has 0 bridgehead atoms. The van der Waals surface area contributed by atoms with Crippen molar-refractivity contribution in [3.63, 3.8) is 0 Å². The summed E-state index contributed by atoms with van der Waals surface area (Å²) in [7, 11) is 0. The van der Waals surface area contributed by atoms with Crippen LogP contribution in [0.2, 0.25) is 0 Å². The fourth-order valence-electron chi connectivity index (χ4n) is 7.57. The number of fused-ring (bicyclic) bond motifs is 7. The fourth-order valence-corrected chi connectivity index (χ4v) is 8.81. The van der Waals surface area contributed by atoms with Gasteiger partial charge in [-0.15, -0.1) is 11.3 Å². The predicted octanol–water partition coefficient (Wildman–Crippen LogP) is 12.4. The van der Waals surface area contributed by atoms with E-state index in [0.717, 1.165) is 52.4 Å². The summed E-state index contributed by atoms with van der Waals surface area (Å²) in [5.41, 5.74) is 12.7. The van der Waals surface area contributed by atoms with E-state index in [9.17, 15) is 0 Å². The molecule has 10 rings (SSSR count). The van der Waals surface area contributed by atoms with E-state index in [-0.39, 0.29) is 0 Å². The molecule has 50 heavy (non-hydrogen) atoms. The Morgan fingerprint density at radius 3 is 1.90 bits per heavy atom. The number of hydrogen-bond donors (Lipinski definition) is 0. The van der Waals surface area contributed by atoms with E-state index in [2.05, 4.69) is 156 Å². The lowest BCUT2D eigenvalue weighted by Gasteiger charge is -2.15. The Balaban J connectivity index is 1.16. The summed E-state index contributed by atoms with van der Waals surface area (Å²) in [5, 5.41) is 3.95. The minimum Gasteiger partial charge on any atom is -0.312 e. The van der Waals surface area contributed by atoms with Crippen molar-refractivity contribution >= 4 is 48.5 Å². The van der Waals surface area contributed by atoms with Gasteiger partial charge in [0.15, 0.2) is 5.82 Å². The van der Waals surface area contributed by atoms with Crippen molar-refractivity contribution in [1.82, 2.24) is 14.5 Å². The van der Waals surface area contributed by atoms with E-state index in [0.29, 0.717) is 0 Å². The van der Waals surface area contributed by atoms with Crippen LogP contribution in [0.1, 0.15) is 17.7 Å². The standard InChI is InChI=1S/C46H31N3S/c1-4-13-30(14-5-1)35-20-12-21-38-43-42(50-45(35)38)28-27-37-36-19-10-11-22-41(36)49(44(37)43)34-25-23-33(24-26-34)46-47-39(31-15-6-2-7-16-31)29-40(48-46)32-17-8-3-9-18-32/h1-10,12-21,23-29H,11,22H2. The lowest BCUT2D eigenvalue weighted by atomic mass is 10.00. The Morgan fingerprint density at radius 1 is 0.560 bits per heavy atom. The highest BCUT2D eigenvalue weighted by molar-refractivity contribution is 7.26. The molecule has 0 spiro atoms. The summed E-state index contributed by atoms with van der Waals surface area (Å²) in [5.74, 6) is 0.721. The summed E-state index contributed by atoms with van der Waals surface area (Å²) >= 11 is 1.90. The number of hydrogen-bond acceptors (Lipinski definition) is 3. The van der Waals surface area contributed by atoms with Crippen LogP contribution in [-0.4, -0.2) is 14.5 Å². The largest absolute Gasteiger partial charge is 0.312 e. The van der Waals surface area contributed by atoms with Gasteiger partial charge in [0.1, 0.15) is 0 Å². The maximum atomic E-state index is 5.09. The number of rotatable bonds is 5. The molecule has 0 fully saturated rings. The smallest absolute Gasteiger partial charge is 0.160 e. The third-order valence-electron chi connectivity index (χ3n) is 9.90. The summed E-state index contributed by atoms with van der Waals surface area (Å²) in [4.78, 5) is 10.2. The highest BCUT2D eigenvalue weighted by Crippen LogP contribution is 2.46. The molecule has 0 atom stereocenters. The molecule has 0 saturated heterocycles. The van der Waals surface area contributed by atoms with E-state index in [1.54, 1.807) is 0 Å². The first-order valence-electron chi connectivity index (χ1n) is 17.1. The van der Waals surface area contributed by atoms with Crippen LogP contribution in [0.3, 0.4) is 0 Å². The Hall–Kier alpha value is -6.10. The fraction of sp³-hybridized carbons (Fsp3) is 0.0435. The summed E-state index contributed by atoms with van der Waals surface area (Å²) in [6, 6.07) is 53.9.